The van der Waals surface area contributed by atoms with E-state index in [-0.39, 0.29) is 10.6 Å². The van der Waals surface area contributed by atoms with Crippen molar-refractivity contribution in [2.24, 2.45) is 0 Å². The number of hydrogen-bond acceptors (Lipinski definition) is 4. The van der Waals surface area contributed by atoms with Gasteiger partial charge in [0.05, 0.1) is 18.6 Å². The molecule has 0 aliphatic heterocycles. The Morgan fingerprint density at radius 2 is 1.68 bits per heavy atom. The number of likely N-dealkylation sites (N-methyl/N-ethyl adjacent to an activating group) is 1. The molecule has 6 nitrogen and oxygen atoms in total. The van der Waals surface area contributed by atoms with Gasteiger partial charge in [-0.25, -0.2) is 17.2 Å². The van der Waals surface area contributed by atoms with Crippen molar-refractivity contribution in [3.63, 3.8) is 0 Å². The Morgan fingerprint density at radius 1 is 1.12 bits per heavy atom. The van der Waals surface area contributed by atoms with Crippen LogP contribution in [-0.2, 0) is 14.8 Å². The summed E-state index contributed by atoms with van der Waals surface area (Å²) in [6, 6.07) is 8.19. The number of rotatable bonds is 6. The molecule has 0 atom stereocenters. The van der Waals surface area contributed by atoms with Crippen molar-refractivity contribution < 1.29 is 26.7 Å². The molecule has 0 saturated carbocycles. The van der Waals surface area contributed by atoms with E-state index in [1.165, 1.54) is 38.4 Å². The molecule has 0 bridgehead atoms. The Balaban J connectivity index is 2.08. The minimum absolute atomic E-state index is 0.0135. The molecule has 0 radical (unpaired) electrons. The van der Waals surface area contributed by atoms with Crippen LogP contribution in [0.2, 0.25) is 0 Å². The highest BCUT2D eigenvalue weighted by molar-refractivity contribution is 7.89. The van der Waals surface area contributed by atoms with Gasteiger partial charge in [0.25, 0.3) is 0 Å². The number of methoxy groups -OCH3 is 1. The molecule has 1 amide bonds. The summed E-state index contributed by atoms with van der Waals surface area (Å²) >= 11 is 0. The third-order valence-corrected chi connectivity index (χ3v) is 5.10. The number of carbonyl (C=O) groups excluding carboxylic acids is 1. The second-order valence-corrected chi connectivity index (χ2v) is 7.19. The Morgan fingerprint density at radius 3 is 2.20 bits per heavy atom. The summed E-state index contributed by atoms with van der Waals surface area (Å²) < 4.78 is 56.8. The van der Waals surface area contributed by atoms with Gasteiger partial charge >= 0.3 is 0 Å². The van der Waals surface area contributed by atoms with Crippen LogP contribution in [0, 0.1) is 11.6 Å². The molecule has 0 saturated heterocycles. The number of amides is 1. The van der Waals surface area contributed by atoms with Crippen LogP contribution >= 0.6 is 0 Å². The number of carbonyl (C=O) groups is 1. The lowest BCUT2D eigenvalue weighted by molar-refractivity contribution is -0.116. The summed E-state index contributed by atoms with van der Waals surface area (Å²) in [5.41, 5.74) is -0.0993. The van der Waals surface area contributed by atoms with Crippen LogP contribution in [0.5, 0.6) is 5.75 Å². The highest BCUT2D eigenvalue weighted by Crippen LogP contribution is 2.19. The number of sulfonamides is 1. The molecule has 0 spiro atoms. The van der Waals surface area contributed by atoms with Crippen molar-refractivity contribution in [2.45, 2.75) is 4.90 Å². The molecule has 0 unspecified atom stereocenters. The van der Waals surface area contributed by atoms with Gasteiger partial charge in [-0.05, 0) is 36.4 Å². The Bertz CT molecular complexity index is 850. The van der Waals surface area contributed by atoms with Crippen LogP contribution < -0.4 is 10.1 Å². The second kappa shape index (κ2) is 7.58. The van der Waals surface area contributed by atoms with Crippen molar-refractivity contribution >= 4 is 21.6 Å². The first-order valence-electron chi connectivity index (χ1n) is 7.08. The predicted octanol–water partition coefficient (Wildman–Crippen LogP) is 2.23. The van der Waals surface area contributed by atoms with Gasteiger partial charge in [0.15, 0.2) is 0 Å². The van der Waals surface area contributed by atoms with Crippen LogP contribution in [0.15, 0.2) is 47.4 Å². The molecule has 25 heavy (non-hydrogen) atoms. The zero-order valence-electron chi connectivity index (χ0n) is 13.5. The molecule has 9 heteroatoms. The molecular weight excluding hydrogens is 354 g/mol. The maximum absolute atomic E-state index is 13.1. The first-order valence-corrected chi connectivity index (χ1v) is 8.52. The number of ether oxygens (including phenoxy) is 1. The lowest BCUT2D eigenvalue weighted by Crippen LogP contribution is -2.35. The Hall–Kier alpha value is -2.52. The molecule has 0 aliphatic rings. The van der Waals surface area contributed by atoms with E-state index in [0.717, 1.165) is 16.4 Å². The molecule has 2 aromatic carbocycles. The summed E-state index contributed by atoms with van der Waals surface area (Å²) in [7, 11) is -1.22. The van der Waals surface area contributed by atoms with Crippen LogP contribution in [0.25, 0.3) is 0 Å². The van der Waals surface area contributed by atoms with Crippen molar-refractivity contribution in [1.82, 2.24) is 4.31 Å². The fraction of sp³-hybridized carbons (Fsp3) is 0.188. The van der Waals surface area contributed by atoms with E-state index in [9.17, 15) is 22.0 Å². The van der Waals surface area contributed by atoms with Gasteiger partial charge in [-0.2, -0.15) is 4.31 Å². The third kappa shape index (κ3) is 4.74. The minimum atomic E-state index is -3.90. The smallest absolute Gasteiger partial charge is 0.243 e. The van der Waals surface area contributed by atoms with E-state index < -0.39 is 34.1 Å². The quantitative estimate of drug-likeness (QED) is 0.846. The number of nitrogens with one attached hydrogen (secondary N) is 1. The first-order chi connectivity index (χ1) is 11.7. The molecule has 0 fully saturated rings. The van der Waals surface area contributed by atoms with Crippen molar-refractivity contribution in [3.05, 3.63) is 54.1 Å². The number of benzene rings is 2. The van der Waals surface area contributed by atoms with Gasteiger partial charge in [-0.1, -0.05) is 0 Å². The van der Waals surface area contributed by atoms with Gasteiger partial charge in [0.1, 0.15) is 17.4 Å². The van der Waals surface area contributed by atoms with Gasteiger partial charge in [0, 0.05) is 18.8 Å². The third-order valence-electron chi connectivity index (χ3n) is 3.28. The summed E-state index contributed by atoms with van der Waals surface area (Å²) in [6.45, 7) is -0.521. The number of halogens is 2. The van der Waals surface area contributed by atoms with Gasteiger partial charge in [0.2, 0.25) is 15.9 Å². The normalized spacial score (nSPS) is 11.4. The van der Waals surface area contributed by atoms with E-state index >= 15 is 0 Å². The number of hydrogen-bond donors (Lipinski definition) is 1. The Labute approximate surface area is 144 Å². The molecule has 134 valence electrons. The van der Waals surface area contributed by atoms with E-state index in [1.807, 2.05) is 0 Å². The summed E-state index contributed by atoms with van der Waals surface area (Å²) in [5, 5.41) is 2.25. The average molecular weight is 370 g/mol. The van der Waals surface area contributed by atoms with Crippen LogP contribution in [0.3, 0.4) is 0 Å². The fourth-order valence-electron chi connectivity index (χ4n) is 2.04. The van der Waals surface area contributed by atoms with E-state index in [2.05, 4.69) is 5.32 Å². The highest BCUT2D eigenvalue weighted by atomic mass is 32.2. The molecule has 0 aromatic heterocycles. The Kier molecular flexibility index (Phi) is 5.70. The lowest BCUT2D eigenvalue weighted by Gasteiger charge is -2.17. The van der Waals surface area contributed by atoms with E-state index in [4.69, 9.17) is 4.74 Å². The zero-order valence-corrected chi connectivity index (χ0v) is 14.3. The van der Waals surface area contributed by atoms with Gasteiger partial charge < -0.3 is 10.1 Å². The second-order valence-electron chi connectivity index (χ2n) is 5.14. The summed E-state index contributed by atoms with van der Waals surface area (Å²) in [5.74, 6) is -1.94. The largest absolute Gasteiger partial charge is 0.497 e. The maximum atomic E-state index is 13.1. The van der Waals surface area contributed by atoms with Crippen LogP contribution in [0.1, 0.15) is 0 Å². The summed E-state index contributed by atoms with van der Waals surface area (Å²) in [6.07, 6.45) is 0. The molecule has 2 rings (SSSR count). The monoisotopic (exact) mass is 370 g/mol. The number of anilines is 1. The molecule has 1 N–H and O–H groups in total. The van der Waals surface area contributed by atoms with Crippen molar-refractivity contribution in [2.75, 3.05) is 26.0 Å². The molecule has 0 aliphatic carbocycles. The highest BCUT2D eigenvalue weighted by Gasteiger charge is 2.23. The van der Waals surface area contributed by atoms with Crippen LogP contribution in [0.4, 0.5) is 14.5 Å². The standard InChI is InChI=1S/C16H16F2N2O4S/c1-20(25(22,23)15-5-3-14(24-2)4-6-15)10-16(21)19-13-8-11(17)7-12(18)9-13/h3-9H,10H2,1-2H3,(H,19,21). The van der Waals surface area contributed by atoms with E-state index in [1.54, 1.807) is 0 Å². The fourth-order valence-corrected chi connectivity index (χ4v) is 3.17. The number of nitrogens with zero attached hydrogens (tertiary/aromatic N) is 1. The SMILES string of the molecule is COc1ccc(S(=O)(=O)N(C)CC(=O)Nc2cc(F)cc(F)c2)cc1. The van der Waals surface area contributed by atoms with E-state index in [0.29, 0.717) is 11.8 Å². The van der Waals surface area contributed by atoms with Crippen LogP contribution in [-0.4, -0.2) is 39.3 Å². The van der Waals surface area contributed by atoms with Crippen molar-refractivity contribution in [3.8, 4) is 5.75 Å². The van der Waals surface area contributed by atoms with Gasteiger partial charge in [-0.3, -0.25) is 4.79 Å². The molecular formula is C16H16F2N2O4S. The minimum Gasteiger partial charge on any atom is -0.497 e. The summed E-state index contributed by atoms with van der Waals surface area (Å²) in [4.78, 5) is 11.9. The average Bonchev–Trinajstić information content (AvgIpc) is 2.53. The van der Waals surface area contributed by atoms with Gasteiger partial charge in [-0.15, -0.1) is 0 Å². The lowest BCUT2D eigenvalue weighted by atomic mass is 10.3. The first kappa shape index (κ1) is 18.8. The zero-order chi connectivity index (χ0) is 18.6. The van der Waals surface area contributed by atoms with Crippen molar-refractivity contribution in [1.29, 1.82) is 0 Å². The maximum Gasteiger partial charge on any atom is 0.243 e. The predicted molar refractivity (Wildman–Crippen MR) is 87.8 cm³/mol. The molecule has 0 heterocycles. The molecule has 2 aromatic rings. The topological polar surface area (TPSA) is 75.7 Å².